The number of rotatable bonds is 12. The summed E-state index contributed by atoms with van der Waals surface area (Å²) >= 11 is 0. The fraction of sp³-hybridized carbons (Fsp3) is 0.310. The number of hydrogen-bond acceptors (Lipinski definition) is 7. The van der Waals surface area contributed by atoms with Gasteiger partial charge in [-0.05, 0) is 55.4 Å². The van der Waals surface area contributed by atoms with Crippen molar-refractivity contribution in [1.29, 1.82) is 0 Å². The molecule has 4 aromatic rings. The molecule has 2 aromatic heterocycles. The summed E-state index contributed by atoms with van der Waals surface area (Å²) in [5, 5.41) is 11.4. The first-order valence-electron chi connectivity index (χ1n) is 12.7. The molecular weight excluding hydrogens is 478 g/mol. The Morgan fingerprint density at radius 1 is 1.16 bits per heavy atom. The minimum atomic E-state index is -0.00168. The van der Waals surface area contributed by atoms with Crippen LogP contribution in [0.2, 0.25) is 0 Å². The van der Waals surface area contributed by atoms with Gasteiger partial charge in [-0.2, -0.15) is 5.10 Å². The Morgan fingerprint density at radius 2 is 2.03 bits per heavy atom. The normalized spacial score (nSPS) is 10.9. The highest BCUT2D eigenvalue weighted by molar-refractivity contribution is 5.81. The third kappa shape index (κ3) is 7.08. The fourth-order valence-corrected chi connectivity index (χ4v) is 4.09. The van der Waals surface area contributed by atoms with Crippen LogP contribution in [-0.2, 0) is 11.8 Å². The van der Waals surface area contributed by atoms with E-state index >= 15 is 0 Å². The first-order valence-corrected chi connectivity index (χ1v) is 12.7. The van der Waals surface area contributed by atoms with Crippen LogP contribution in [0.5, 0.6) is 5.75 Å². The van der Waals surface area contributed by atoms with Crippen molar-refractivity contribution in [2.75, 3.05) is 38.1 Å². The van der Waals surface area contributed by atoms with Crippen molar-refractivity contribution in [3.63, 3.8) is 0 Å². The molecule has 2 aromatic carbocycles. The average Bonchev–Trinajstić information content (AvgIpc) is 3.36. The third-order valence-corrected chi connectivity index (χ3v) is 5.99. The van der Waals surface area contributed by atoms with Crippen LogP contribution in [0.4, 0.5) is 11.6 Å². The van der Waals surface area contributed by atoms with E-state index in [1.807, 2.05) is 49.6 Å². The van der Waals surface area contributed by atoms with Gasteiger partial charge in [0.15, 0.2) is 0 Å². The molecule has 196 valence electrons. The van der Waals surface area contributed by atoms with Crippen LogP contribution >= 0.6 is 0 Å². The number of nitrogens with zero attached hydrogens (tertiary/aromatic N) is 5. The Labute approximate surface area is 223 Å². The molecule has 0 aliphatic carbocycles. The lowest BCUT2D eigenvalue weighted by Crippen LogP contribution is -2.39. The second-order valence-corrected chi connectivity index (χ2v) is 8.95. The van der Waals surface area contributed by atoms with Gasteiger partial charge in [-0.3, -0.25) is 14.4 Å². The van der Waals surface area contributed by atoms with Crippen molar-refractivity contribution in [3.8, 4) is 29.2 Å². The second-order valence-electron chi connectivity index (χ2n) is 8.95. The zero-order chi connectivity index (χ0) is 26.9. The summed E-state index contributed by atoms with van der Waals surface area (Å²) in [5.41, 5.74) is 4.22. The third-order valence-electron chi connectivity index (χ3n) is 5.99. The predicted molar refractivity (Wildman–Crippen MR) is 150 cm³/mol. The first kappa shape index (κ1) is 26.6. The SMILES string of the molecule is C#Cc1ccc2nc(Nc3cc(OCCNC(=O)CN(CC)CCC)cc(-c4cnn(C)c4)c3)ncc2c1. The summed E-state index contributed by atoms with van der Waals surface area (Å²) in [5.74, 6) is 3.74. The summed E-state index contributed by atoms with van der Waals surface area (Å²) < 4.78 is 7.77. The standard InChI is InChI=1S/C29H33N7O2/c1-5-11-36(7-3)20-28(37)30-10-12-38-26-15-22(24-18-32-35(4)19-24)14-25(16-26)33-29-31-17-23-13-21(6-2)8-9-27(23)34-29/h2,8-9,13-19H,5,7,10-12,20H2,1,3-4H3,(H,30,37)(H,31,33,34). The maximum atomic E-state index is 12.3. The van der Waals surface area contributed by atoms with Crippen molar-refractivity contribution in [2.24, 2.45) is 7.05 Å². The molecule has 0 spiro atoms. The maximum Gasteiger partial charge on any atom is 0.234 e. The molecule has 0 bridgehead atoms. The van der Waals surface area contributed by atoms with Gasteiger partial charge in [-0.1, -0.05) is 19.8 Å². The summed E-state index contributed by atoms with van der Waals surface area (Å²) in [6.45, 7) is 7.07. The summed E-state index contributed by atoms with van der Waals surface area (Å²) in [7, 11) is 1.88. The van der Waals surface area contributed by atoms with Crippen LogP contribution in [0.3, 0.4) is 0 Å². The van der Waals surface area contributed by atoms with Crippen molar-refractivity contribution in [3.05, 3.63) is 60.6 Å². The van der Waals surface area contributed by atoms with Crippen molar-refractivity contribution < 1.29 is 9.53 Å². The smallest absolute Gasteiger partial charge is 0.234 e. The zero-order valence-corrected chi connectivity index (χ0v) is 22.1. The molecule has 0 radical (unpaired) electrons. The zero-order valence-electron chi connectivity index (χ0n) is 22.1. The van der Waals surface area contributed by atoms with Gasteiger partial charge in [0.1, 0.15) is 12.4 Å². The number of carbonyl (C=O) groups is 1. The minimum absolute atomic E-state index is 0.00168. The monoisotopic (exact) mass is 511 g/mol. The first-order chi connectivity index (χ1) is 18.5. The molecule has 38 heavy (non-hydrogen) atoms. The quantitative estimate of drug-likeness (QED) is 0.219. The van der Waals surface area contributed by atoms with Crippen LogP contribution in [0, 0.1) is 12.3 Å². The number of anilines is 2. The number of terminal acetylenes is 1. The minimum Gasteiger partial charge on any atom is -0.492 e. The van der Waals surface area contributed by atoms with Gasteiger partial charge in [0.25, 0.3) is 0 Å². The van der Waals surface area contributed by atoms with Crippen LogP contribution in [-0.4, -0.2) is 63.3 Å². The van der Waals surface area contributed by atoms with Crippen LogP contribution in [0.15, 0.2) is 55.0 Å². The number of nitrogens with one attached hydrogen (secondary N) is 2. The Morgan fingerprint density at radius 3 is 2.76 bits per heavy atom. The van der Waals surface area contributed by atoms with Gasteiger partial charge >= 0.3 is 0 Å². The van der Waals surface area contributed by atoms with E-state index in [-0.39, 0.29) is 5.91 Å². The number of aromatic nitrogens is 4. The second kappa shape index (κ2) is 12.7. The lowest BCUT2D eigenvalue weighted by Gasteiger charge is -2.18. The van der Waals surface area contributed by atoms with E-state index in [4.69, 9.17) is 11.2 Å². The van der Waals surface area contributed by atoms with E-state index in [0.717, 1.165) is 52.8 Å². The number of benzene rings is 2. The molecule has 0 aliphatic heterocycles. The van der Waals surface area contributed by atoms with Gasteiger partial charge < -0.3 is 15.4 Å². The molecule has 9 nitrogen and oxygen atoms in total. The number of ether oxygens (including phenoxy) is 1. The predicted octanol–water partition coefficient (Wildman–Crippen LogP) is 3.98. The lowest BCUT2D eigenvalue weighted by molar-refractivity contribution is -0.122. The van der Waals surface area contributed by atoms with Crippen LogP contribution < -0.4 is 15.4 Å². The Bertz CT molecular complexity index is 1440. The molecule has 0 saturated carbocycles. The molecule has 4 rings (SSSR count). The summed E-state index contributed by atoms with van der Waals surface area (Å²) in [4.78, 5) is 23.5. The molecule has 2 heterocycles. The van der Waals surface area contributed by atoms with E-state index in [2.05, 4.69) is 50.4 Å². The van der Waals surface area contributed by atoms with Crippen molar-refractivity contribution >= 4 is 28.4 Å². The molecule has 0 aliphatic rings. The van der Waals surface area contributed by atoms with E-state index in [0.29, 0.717) is 31.4 Å². The Balaban J connectivity index is 1.47. The van der Waals surface area contributed by atoms with Gasteiger partial charge in [0.2, 0.25) is 11.9 Å². The van der Waals surface area contributed by atoms with E-state index in [9.17, 15) is 4.79 Å². The number of hydrogen-bond donors (Lipinski definition) is 2. The molecule has 0 fully saturated rings. The highest BCUT2D eigenvalue weighted by atomic mass is 16.5. The number of amides is 1. The largest absolute Gasteiger partial charge is 0.492 e. The van der Waals surface area contributed by atoms with Crippen molar-refractivity contribution in [1.82, 2.24) is 30.0 Å². The number of carbonyl (C=O) groups excluding carboxylic acids is 1. The van der Waals surface area contributed by atoms with Gasteiger partial charge in [0, 0.05) is 47.7 Å². The molecule has 1 amide bonds. The van der Waals surface area contributed by atoms with Gasteiger partial charge in [0.05, 0.1) is 24.8 Å². The molecular formula is C29H33N7O2. The number of likely N-dealkylation sites (N-methyl/N-ethyl adjacent to an activating group) is 1. The van der Waals surface area contributed by atoms with E-state index < -0.39 is 0 Å². The molecule has 0 saturated heterocycles. The van der Waals surface area contributed by atoms with Crippen molar-refractivity contribution in [2.45, 2.75) is 20.3 Å². The Kier molecular flexibility index (Phi) is 8.90. The molecule has 2 N–H and O–H groups in total. The molecule has 0 unspecified atom stereocenters. The van der Waals surface area contributed by atoms with E-state index in [1.165, 1.54) is 0 Å². The van der Waals surface area contributed by atoms with Gasteiger partial charge in [-0.15, -0.1) is 6.42 Å². The maximum absolute atomic E-state index is 12.3. The van der Waals surface area contributed by atoms with Crippen LogP contribution in [0.25, 0.3) is 22.0 Å². The molecule has 9 heteroatoms. The van der Waals surface area contributed by atoms with Crippen LogP contribution in [0.1, 0.15) is 25.8 Å². The summed E-state index contributed by atoms with van der Waals surface area (Å²) in [6, 6.07) is 11.5. The fourth-order valence-electron chi connectivity index (χ4n) is 4.09. The number of fused-ring (bicyclic) bond motifs is 1. The molecule has 0 atom stereocenters. The topological polar surface area (TPSA) is 97.2 Å². The van der Waals surface area contributed by atoms with Gasteiger partial charge in [-0.25, -0.2) is 9.97 Å². The lowest BCUT2D eigenvalue weighted by atomic mass is 10.1. The van der Waals surface area contributed by atoms with E-state index in [1.54, 1.807) is 17.1 Å². The number of aryl methyl sites for hydroxylation is 1. The summed E-state index contributed by atoms with van der Waals surface area (Å²) in [6.07, 6.45) is 12.0. The highest BCUT2D eigenvalue weighted by Crippen LogP contribution is 2.30. The highest BCUT2D eigenvalue weighted by Gasteiger charge is 2.10. The Hall–Kier alpha value is -4.42. The average molecular weight is 512 g/mol.